The van der Waals surface area contributed by atoms with Crippen LogP contribution in [0.1, 0.15) is 84.0 Å². The predicted molar refractivity (Wildman–Crippen MR) is 105 cm³/mol. The van der Waals surface area contributed by atoms with Crippen LogP contribution in [0.4, 0.5) is 0 Å². The first-order valence-corrected chi connectivity index (χ1v) is 10.3. The topological polar surface area (TPSA) is 98.0 Å². The summed E-state index contributed by atoms with van der Waals surface area (Å²) in [6.07, 6.45) is 17.8. The fourth-order valence-corrected chi connectivity index (χ4v) is 3.27. The molecule has 154 valence electrons. The first-order valence-electron chi connectivity index (χ1n) is 10.3. The van der Waals surface area contributed by atoms with Gasteiger partial charge in [0, 0.05) is 12.5 Å². The summed E-state index contributed by atoms with van der Waals surface area (Å²) < 4.78 is 0. The Labute approximate surface area is 159 Å². The summed E-state index contributed by atoms with van der Waals surface area (Å²) in [7, 11) is 0. The Morgan fingerprint density at radius 2 is 1.35 bits per heavy atom. The number of carboxylic acid groups (broad SMARTS) is 1. The summed E-state index contributed by atoms with van der Waals surface area (Å²) in [4.78, 5) is 11.4. The van der Waals surface area contributed by atoms with Crippen LogP contribution in [-0.4, -0.2) is 46.2 Å². The van der Waals surface area contributed by atoms with E-state index in [1.807, 2.05) is 0 Å². The normalized spacial score (nSPS) is 13.4. The number of carboxylic acids is 1. The van der Waals surface area contributed by atoms with Crippen LogP contribution in [0.3, 0.4) is 0 Å². The largest absolute Gasteiger partial charge is 0.481 e. The molecule has 0 aromatic rings. The number of hydrogen-bond donors (Lipinski definition) is 4. The van der Waals surface area contributed by atoms with E-state index in [1.54, 1.807) is 0 Å². The Balaban J connectivity index is 3.84. The molecule has 0 bridgehead atoms. The minimum absolute atomic E-state index is 0.342. The highest BCUT2D eigenvalue weighted by Gasteiger charge is 2.44. The van der Waals surface area contributed by atoms with E-state index in [2.05, 4.69) is 19.1 Å². The summed E-state index contributed by atoms with van der Waals surface area (Å²) in [6, 6.07) is 0. The van der Waals surface area contributed by atoms with Gasteiger partial charge in [-0.25, -0.2) is 0 Å². The van der Waals surface area contributed by atoms with Gasteiger partial charge in [0.05, 0.1) is 13.2 Å². The standard InChI is InChI=1S/C21H40O5/c1-2-3-4-5-6-7-8-9-10-11-12-13-14-15-19(16-22)21(17-23,18-24)20(25)26/h9-10,19,22-24H,2-8,11-18H2,1H3,(H,25,26)/b10-9-. The number of rotatable bonds is 18. The Morgan fingerprint density at radius 1 is 0.846 bits per heavy atom. The molecule has 5 nitrogen and oxygen atoms in total. The maximum absolute atomic E-state index is 11.4. The van der Waals surface area contributed by atoms with Crippen LogP contribution in [0.5, 0.6) is 0 Å². The van der Waals surface area contributed by atoms with Gasteiger partial charge >= 0.3 is 5.97 Å². The Bertz CT molecular complexity index is 363. The number of aliphatic hydroxyl groups excluding tert-OH is 3. The van der Waals surface area contributed by atoms with E-state index in [4.69, 9.17) is 0 Å². The van der Waals surface area contributed by atoms with Crippen molar-refractivity contribution in [3.05, 3.63) is 12.2 Å². The van der Waals surface area contributed by atoms with Gasteiger partial charge < -0.3 is 20.4 Å². The Hall–Kier alpha value is -0.910. The van der Waals surface area contributed by atoms with Crippen LogP contribution in [0, 0.1) is 11.3 Å². The minimum Gasteiger partial charge on any atom is -0.481 e. The molecule has 5 heteroatoms. The lowest BCUT2D eigenvalue weighted by Gasteiger charge is -2.32. The zero-order valence-electron chi connectivity index (χ0n) is 16.5. The second-order valence-corrected chi connectivity index (χ2v) is 7.32. The monoisotopic (exact) mass is 372 g/mol. The van der Waals surface area contributed by atoms with Gasteiger partial charge in [0.15, 0.2) is 0 Å². The molecule has 1 atom stereocenters. The van der Waals surface area contributed by atoms with E-state index < -0.39 is 30.5 Å². The second kappa shape index (κ2) is 16.3. The van der Waals surface area contributed by atoms with Crippen molar-refractivity contribution in [2.24, 2.45) is 11.3 Å². The molecule has 0 aliphatic heterocycles. The number of allylic oxidation sites excluding steroid dienone is 2. The molecule has 0 rings (SSSR count). The van der Waals surface area contributed by atoms with Crippen molar-refractivity contribution in [1.82, 2.24) is 0 Å². The molecule has 0 aliphatic carbocycles. The van der Waals surface area contributed by atoms with Crippen molar-refractivity contribution in [3.63, 3.8) is 0 Å². The van der Waals surface area contributed by atoms with Gasteiger partial charge in [0.25, 0.3) is 0 Å². The molecular formula is C21H40O5. The average Bonchev–Trinajstić information content (AvgIpc) is 2.64. The van der Waals surface area contributed by atoms with E-state index in [0.717, 1.165) is 32.1 Å². The first kappa shape index (κ1) is 25.1. The molecular weight excluding hydrogens is 332 g/mol. The Kier molecular flexibility index (Phi) is 15.7. The number of aliphatic hydroxyl groups is 3. The number of hydrogen-bond acceptors (Lipinski definition) is 4. The maximum Gasteiger partial charge on any atom is 0.314 e. The van der Waals surface area contributed by atoms with Gasteiger partial charge in [-0.3, -0.25) is 4.79 Å². The quantitative estimate of drug-likeness (QED) is 0.216. The van der Waals surface area contributed by atoms with Crippen molar-refractivity contribution in [2.45, 2.75) is 84.0 Å². The fraction of sp³-hybridized carbons (Fsp3) is 0.857. The molecule has 26 heavy (non-hydrogen) atoms. The SMILES string of the molecule is CCCCCCCC/C=C\CCCCCC(CO)C(CO)(CO)C(=O)O. The number of unbranched alkanes of at least 4 members (excludes halogenated alkanes) is 9. The summed E-state index contributed by atoms with van der Waals surface area (Å²) in [5, 5.41) is 37.5. The summed E-state index contributed by atoms with van der Waals surface area (Å²) in [5.41, 5.74) is -1.65. The molecule has 0 heterocycles. The van der Waals surface area contributed by atoms with Crippen molar-refractivity contribution in [1.29, 1.82) is 0 Å². The third kappa shape index (κ3) is 9.70. The highest BCUT2D eigenvalue weighted by molar-refractivity contribution is 5.75. The molecule has 0 saturated carbocycles. The minimum atomic E-state index is -1.65. The van der Waals surface area contributed by atoms with Crippen LogP contribution in [-0.2, 0) is 4.79 Å². The first-order chi connectivity index (χ1) is 12.6. The van der Waals surface area contributed by atoms with Crippen LogP contribution >= 0.6 is 0 Å². The number of carbonyl (C=O) groups is 1. The van der Waals surface area contributed by atoms with E-state index in [0.29, 0.717) is 6.42 Å². The second-order valence-electron chi connectivity index (χ2n) is 7.32. The predicted octanol–water partition coefficient (Wildman–Crippen LogP) is 3.91. The van der Waals surface area contributed by atoms with E-state index in [9.17, 15) is 25.2 Å². The van der Waals surface area contributed by atoms with Crippen molar-refractivity contribution >= 4 is 5.97 Å². The molecule has 0 aromatic carbocycles. The highest BCUT2D eigenvalue weighted by Crippen LogP contribution is 2.31. The zero-order chi connectivity index (χ0) is 19.7. The molecule has 0 spiro atoms. The molecule has 4 N–H and O–H groups in total. The van der Waals surface area contributed by atoms with Crippen molar-refractivity contribution in [3.8, 4) is 0 Å². The van der Waals surface area contributed by atoms with Gasteiger partial charge in [-0.1, -0.05) is 64.0 Å². The molecule has 0 aliphatic rings. The lowest BCUT2D eigenvalue weighted by molar-refractivity contribution is -0.162. The van der Waals surface area contributed by atoms with Gasteiger partial charge in [0.1, 0.15) is 5.41 Å². The zero-order valence-corrected chi connectivity index (χ0v) is 16.5. The van der Waals surface area contributed by atoms with Gasteiger partial charge in [-0.05, 0) is 32.1 Å². The maximum atomic E-state index is 11.4. The average molecular weight is 373 g/mol. The van der Waals surface area contributed by atoms with Crippen LogP contribution < -0.4 is 0 Å². The third-order valence-corrected chi connectivity index (χ3v) is 5.31. The summed E-state index contributed by atoms with van der Waals surface area (Å²) in [5.74, 6) is -1.88. The smallest absolute Gasteiger partial charge is 0.314 e. The lowest BCUT2D eigenvalue weighted by atomic mass is 9.74. The van der Waals surface area contributed by atoms with Crippen molar-refractivity contribution in [2.75, 3.05) is 19.8 Å². The van der Waals surface area contributed by atoms with E-state index in [-0.39, 0.29) is 6.61 Å². The Morgan fingerprint density at radius 3 is 1.81 bits per heavy atom. The molecule has 0 fully saturated rings. The van der Waals surface area contributed by atoms with Crippen LogP contribution in [0.25, 0.3) is 0 Å². The third-order valence-electron chi connectivity index (χ3n) is 5.31. The van der Waals surface area contributed by atoms with E-state index >= 15 is 0 Å². The van der Waals surface area contributed by atoms with Gasteiger partial charge in [-0.15, -0.1) is 0 Å². The molecule has 0 radical (unpaired) electrons. The summed E-state index contributed by atoms with van der Waals surface area (Å²) in [6.45, 7) is 0.566. The lowest BCUT2D eigenvalue weighted by Crippen LogP contribution is -2.46. The molecule has 0 amide bonds. The highest BCUT2D eigenvalue weighted by atomic mass is 16.4. The van der Waals surface area contributed by atoms with Crippen molar-refractivity contribution < 1.29 is 25.2 Å². The number of aliphatic carboxylic acids is 1. The van der Waals surface area contributed by atoms with Gasteiger partial charge in [-0.2, -0.15) is 0 Å². The van der Waals surface area contributed by atoms with E-state index in [1.165, 1.54) is 38.5 Å². The molecule has 0 aromatic heterocycles. The summed E-state index contributed by atoms with van der Waals surface area (Å²) >= 11 is 0. The van der Waals surface area contributed by atoms with Gasteiger partial charge in [0.2, 0.25) is 0 Å². The van der Waals surface area contributed by atoms with Crippen LogP contribution in [0.2, 0.25) is 0 Å². The molecule has 0 saturated heterocycles. The fourth-order valence-electron chi connectivity index (χ4n) is 3.27. The van der Waals surface area contributed by atoms with Crippen LogP contribution in [0.15, 0.2) is 12.2 Å². The molecule has 1 unspecified atom stereocenters.